The Kier molecular flexibility index (Phi) is 9.38. The maximum atomic E-state index is 12.2. The molecule has 8 nitrogen and oxygen atoms in total. The molecule has 4 N–H and O–H groups in total. The second kappa shape index (κ2) is 13.1. The standard InChI is InChI=1S/C38H48N4O4/c1-19(2)37-23(7)29-15-27-21(5)25(11-13-35(43)45-9)31(39-27)18-32-26(12-14-36(44)46-10)22(6)28(40-32)16-33-38(20(3)4)24(8)30(42-33)17-34(37)41-29/h15-20,39-42H,11-14H2,1-10H3. The van der Waals surface area contributed by atoms with Crippen LogP contribution in [0.25, 0.3) is 24.3 Å². The quantitative estimate of drug-likeness (QED) is 0.193. The van der Waals surface area contributed by atoms with Gasteiger partial charge >= 0.3 is 11.9 Å². The third-order valence-corrected chi connectivity index (χ3v) is 9.56. The fourth-order valence-corrected chi connectivity index (χ4v) is 7.08. The van der Waals surface area contributed by atoms with Crippen LogP contribution in [0, 0.1) is 27.7 Å². The number of fused-ring (bicyclic) bond motifs is 8. The molecule has 4 aromatic heterocycles. The van der Waals surface area contributed by atoms with Crippen molar-refractivity contribution >= 4 is 36.2 Å². The second-order valence-corrected chi connectivity index (χ2v) is 13.1. The van der Waals surface area contributed by atoms with Crippen LogP contribution in [0.2, 0.25) is 0 Å². The summed E-state index contributed by atoms with van der Waals surface area (Å²) >= 11 is 0. The van der Waals surface area contributed by atoms with Gasteiger partial charge in [-0.05, 0) is 121 Å². The number of methoxy groups -OCH3 is 2. The zero-order valence-corrected chi connectivity index (χ0v) is 28.9. The van der Waals surface area contributed by atoms with Gasteiger partial charge in [-0.1, -0.05) is 27.7 Å². The van der Waals surface area contributed by atoms with E-state index in [-0.39, 0.29) is 24.8 Å². The Morgan fingerprint density at radius 2 is 1.02 bits per heavy atom. The number of ether oxygens (including phenoxy) is 2. The van der Waals surface area contributed by atoms with Crippen molar-refractivity contribution in [3.63, 3.8) is 0 Å². The van der Waals surface area contributed by atoms with Crippen LogP contribution in [-0.2, 0) is 31.9 Å². The first kappa shape index (κ1) is 32.9. The summed E-state index contributed by atoms with van der Waals surface area (Å²) in [6.07, 6.45) is 10.4. The number of esters is 2. The fraction of sp³-hybridized carbons (Fsp3) is 0.421. The summed E-state index contributed by atoms with van der Waals surface area (Å²) in [7, 11) is 2.85. The van der Waals surface area contributed by atoms with Crippen LogP contribution in [0.1, 0.15) is 120 Å². The van der Waals surface area contributed by atoms with E-state index >= 15 is 0 Å². The molecule has 0 spiro atoms. The number of aromatic amines is 4. The van der Waals surface area contributed by atoms with Gasteiger partial charge in [0, 0.05) is 57.0 Å². The average Bonchev–Trinajstić information content (AvgIpc) is 3.67. The van der Waals surface area contributed by atoms with Crippen molar-refractivity contribution < 1.29 is 19.1 Å². The Labute approximate surface area is 270 Å². The summed E-state index contributed by atoms with van der Waals surface area (Å²) in [6, 6.07) is 0. The lowest BCUT2D eigenvalue weighted by Crippen LogP contribution is -2.14. The molecule has 1 aliphatic heterocycles. The number of hydrogen-bond donors (Lipinski definition) is 4. The molecule has 1 aliphatic rings. The summed E-state index contributed by atoms with van der Waals surface area (Å²) in [5, 5.41) is 4.06. The maximum Gasteiger partial charge on any atom is 0.305 e. The van der Waals surface area contributed by atoms with Gasteiger partial charge in [0.15, 0.2) is 0 Å². The molecular formula is C38H48N4O4. The van der Waals surface area contributed by atoms with Gasteiger partial charge in [-0.2, -0.15) is 0 Å². The lowest BCUT2D eigenvalue weighted by atomic mass is 9.97. The van der Waals surface area contributed by atoms with E-state index in [0.29, 0.717) is 24.7 Å². The van der Waals surface area contributed by atoms with E-state index < -0.39 is 0 Å². The highest BCUT2D eigenvalue weighted by molar-refractivity contribution is 5.71. The Balaban J connectivity index is 1.90. The molecule has 8 heteroatoms. The minimum atomic E-state index is -0.245. The van der Waals surface area contributed by atoms with Crippen molar-refractivity contribution in [3.05, 3.63) is 88.7 Å². The van der Waals surface area contributed by atoms with Gasteiger partial charge < -0.3 is 29.4 Å². The van der Waals surface area contributed by atoms with Gasteiger partial charge in [0.25, 0.3) is 0 Å². The van der Waals surface area contributed by atoms with E-state index in [2.05, 4.69) is 99.6 Å². The Morgan fingerprint density at radius 1 is 0.543 bits per heavy atom. The van der Waals surface area contributed by atoms with Crippen LogP contribution in [0.4, 0.5) is 0 Å². The molecule has 8 bridgehead atoms. The monoisotopic (exact) mass is 624 g/mol. The number of carbonyl (C=O) groups is 2. The van der Waals surface area contributed by atoms with Gasteiger partial charge in [-0.25, -0.2) is 0 Å². The van der Waals surface area contributed by atoms with Crippen molar-refractivity contribution in [2.75, 3.05) is 14.2 Å². The van der Waals surface area contributed by atoms with Crippen LogP contribution < -0.4 is 21.4 Å². The molecule has 0 aromatic carbocycles. The van der Waals surface area contributed by atoms with Gasteiger partial charge in [0.2, 0.25) is 0 Å². The van der Waals surface area contributed by atoms with Crippen molar-refractivity contribution in [2.45, 2.75) is 92.9 Å². The largest absolute Gasteiger partial charge is 0.469 e. The van der Waals surface area contributed by atoms with Gasteiger partial charge in [-0.3, -0.25) is 9.59 Å². The predicted molar refractivity (Wildman–Crippen MR) is 184 cm³/mol. The molecule has 0 unspecified atom stereocenters. The van der Waals surface area contributed by atoms with Crippen LogP contribution in [-0.4, -0.2) is 46.1 Å². The third kappa shape index (κ3) is 6.17. The molecule has 244 valence electrons. The summed E-state index contributed by atoms with van der Waals surface area (Å²) in [5.41, 5.74) is 13.4. The first-order chi connectivity index (χ1) is 21.8. The molecule has 4 aromatic rings. The van der Waals surface area contributed by atoms with Crippen LogP contribution in [0.15, 0.2) is 0 Å². The van der Waals surface area contributed by atoms with E-state index in [1.807, 2.05) is 0 Å². The molecule has 0 amide bonds. The van der Waals surface area contributed by atoms with E-state index in [0.717, 1.165) is 66.4 Å². The molecule has 0 saturated carbocycles. The number of rotatable bonds is 8. The van der Waals surface area contributed by atoms with E-state index in [1.54, 1.807) is 0 Å². The third-order valence-electron chi connectivity index (χ3n) is 9.56. The topological polar surface area (TPSA) is 116 Å². The summed E-state index contributed by atoms with van der Waals surface area (Å²) in [5.74, 6) is 0.142. The van der Waals surface area contributed by atoms with Gasteiger partial charge in [-0.15, -0.1) is 0 Å². The average molecular weight is 625 g/mol. The van der Waals surface area contributed by atoms with Crippen molar-refractivity contribution in [2.24, 2.45) is 0 Å². The van der Waals surface area contributed by atoms with Gasteiger partial charge in [0.1, 0.15) is 0 Å². The number of nitrogens with one attached hydrogen (secondary N) is 4. The maximum absolute atomic E-state index is 12.2. The first-order valence-electron chi connectivity index (χ1n) is 16.2. The van der Waals surface area contributed by atoms with Crippen LogP contribution in [0.5, 0.6) is 0 Å². The van der Waals surface area contributed by atoms with E-state index in [9.17, 15) is 9.59 Å². The normalized spacial score (nSPS) is 12.4. The summed E-state index contributed by atoms with van der Waals surface area (Å²) in [4.78, 5) is 39.4. The molecule has 0 radical (unpaired) electrons. The van der Waals surface area contributed by atoms with E-state index in [4.69, 9.17) is 9.47 Å². The molecule has 5 rings (SSSR count). The highest BCUT2D eigenvalue weighted by atomic mass is 16.5. The lowest BCUT2D eigenvalue weighted by Gasteiger charge is -2.06. The zero-order valence-electron chi connectivity index (χ0n) is 28.9. The summed E-state index contributed by atoms with van der Waals surface area (Å²) in [6.45, 7) is 17.5. The number of H-pyrrole nitrogens is 4. The predicted octanol–water partition coefficient (Wildman–Crippen LogP) is 4.32. The van der Waals surface area contributed by atoms with Crippen LogP contribution in [0.3, 0.4) is 0 Å². The Morgan fingerprint density at radius 3 is 1.63 bits per heavy atom. The number of carbonyl (C=O) groups excluding carboxylic acids is 2. The highest BCUT2D eigenvalue weighted by Gasteiger charge is 2.19. The second-order valence-electron chi connectivity index (χ2n) is 13.1. The lowest BCUT2D eigenvalue weighted by molar-refractivity contribution is -0.141. The molecule has 0 aliphatic carbocycles. The number of hydrogen-bond acceptors (Lipinski definition) is 4. The smallest absolute Gasteiger partial charge is 0.305 e. The summed E-state index contributed by atoms with van der Waals surface area (Å²) < 4.78 is 9.98. The molecular weight excluding hydrogens is 576 g/mol. The minimum Gasteiger partial charge on any atom is -0.469 e. The van der Waals surface area contributed by atoms with Crippen LogP contribution >= 0.6 is 0 Å². The molecule has 0 saturated heterocycles. The van der Waals surface area contributed by atoms with Crippen molar-refractivity contribution in [1.29, 1.82) is 0 Å². The van der Waals surface area contributed by atoms with Gasteiger partial charge in [0.05, 0.1) is 14.2 Å². The highest BCUT2D eigenvalue weighted by Crippen LogP contribution is 2.28. The Bertz CT molecular complexity index is 2060. The fourth-order valence-electron chi connectivity index (χ4n) is 7.08. The SMILES string of the molecule is COC(=O)CCc1c2[nH]c(c1C)C=c1[nH]c(c(C(C)C)c1C)=Cc1[nH]c(c(C(C)C)c1C)C=c1[nH]c(c(CCC(=O)OC)c1C)=C2. The van der Waals surface area contributed by atoms with Crippen molar-refractivity contribution in [1.82, 2.24) is 19.9 Å². The molecule has 0 fully saturated rings. The number of aromatic nitrogens is 4. The first-order valence-corrected chi connectivity index (χ1v) is 16.2. The molecule has 46 heavy (non-hydrogen) atoms. The van der Waals surface area contributed by atoms with E-state index in [1.165, 1.54) is 36.5 Å². The van der Waals surface area contributed by atoms with Crippen molar-refractivity contribution in [3.8, 4) is 0 Å². The molecule has 0 atom stereocenters. The zero-order chi connectivity index (χ0) is 33.4. The minimum absolute atomic E-state index is 0.245. The molecule has 5 heterocycles. The Hall–Kier alpha value is -4.46.